The summed E-state index contributed by atoms with van der Waals surface area (Å²) in [6.07, 6.45) is -0.307. The fourth-order valence-electron chi connectivity index (χ4n) is 1.23. The molecule has 0 fully saturated rings. The second-order valence-corrected chi connectivity index (χ2v) is 3.57. The average molecular weight is 203 g/mol. The molecule has 0 spiro atoms. The summed E-state index contributed by atoms with van der Waals surface area (Å²) in [5, 5.41) is 26.4. The number of hydroxylamine groups is 1. The first kappa shape index (κ1) is 12.7. The monoisotopic (exact) mass is 203 g/mol. The topological polar surface area (TPSA) is 105 Å². The highest BCUT2D eigenvalue weighted by Crippen LogP contribution is 2.07. The lowest BCUT2D eigenvalue weighted by Crippen LogP contribution is -2.38. The predicted octanol–water partition coefficient (Wildman–Crippen LogP) is 1.01. The van der Waals surface area contributed by atoms with E-state index in [0.29, 0.717) is 12.3 Å². The largest absolute Gasteiger partial charge is 0.465 e. The Hall–Kier alpha value is -1.30. The van der Waals surface area contributed by atoms with Crippen molar-refractivity contribution in [2.24, 2.45) is 5.92 Å². The van der Waals surface area contributed by atoms with Crippen molar-refractivity contribution in [3.63, 3.8) is 0 Å². The van der Waals surface area contributed by atoms with Crippen LogP contribution in [0.2, 0.25) is 0 Å². The molecule has 0 aliphatic heterocycles. The molecule has 5 N–H and O–H groups in total. The minimum absolute atomic E-state index is 0.0931. The van der Waals surface area contributed by atoms with Gasteiger partial charge in [-0.05, 0) is 12.3 Å². The molecule has 14 heavy (non-hydrogen) atoms. The van der Waals surface area contributed by atoms with Gasteiger partial charge in [0.05, 0.1) is 0 Å². The van der Waals surface area contributed by atoms with E-state index in [0.717, 1.165) is 0 Å². The van der Waals surface area contributed by atoms with E-state index in [4.69, 9.17) is 15.7 Å². The molecule has 0 aromatic carbocycles. The SMILES string of the molecule is CC(C)C[C@@H](CC(=N)NO)NC(=O)O. The van der Waals surface area contributed by atoms with Gasteiger partial charge in [0.15, 0.2) is 0 Å². The van der Waals surface area contributed by atoms with Gasteiger partial charge in [-0.2, -0.15) is 0 Å². The van der Waals surface area contributed by atoms with Gasteiger partial charge in [-0.15, -0.1) is 0 Å². The summed E-state index contributed by atoms with van der Waals surface area (Å²) in [6, 6.07) is -0.334. The van der Waals surface area contributed by atoms with Crippen molar-refractivity contribution in [2.45, 2.75) is 32.7 Å². The number of hydrogen-bond acceptors (Lipinski definition) is 3. The number of carboxylic acid groups (broad SMARTS) is 1. The van der Waals surface area contributed by atoms with E-state index in [-0.39, 0.29) is 18.3 Å². The molecule has 0 aliphatic rings. The van der Waals surface area contributed by atoms with E-state index in [1.54, 1.807) is 5.48 Å². The van der Waals surface area contributed by atoms with Gasteiger partial charge in [-0.1, -0.05) is 13.8 Å². The third-order valence-corrected chi connectivity index (χ3v) is 1.67. The van der Waals surface area contributed by atoms with E-state index in [9.17, 15) is 4.79 Å². The van der Waals surface area contributed by atoms with Crippen molar-refractivity contribution in [3.8, 4) is 0 Å². The summed E-state index contributed by atoms with van der Waals surface area (Å²) in [6.45, 7) is 3.93. The summed E-state index contributed by atoms with van der Waals surface area (Å²) in [7, 11) is 0. The summed E-state index contributed by atoms with van der Waals surface area (Å²) in [5.74, 6) is 0.239. The van der Waals surface area contributed by atoms with Crippen LogP contribution in [-0.2, 0) is 0 Å². The maximum Gasteiger partial charge on any atom is 0.404 e. The van der Waals surface area contributed by atoms with Gasteiger partial charge >= 0.3 is 6.09 Å². The predicted molar refractivity (Wildman–Crippen MR) is 51.7 cm³/mol. The van der Waals surface area contributed by atoms with E-state index in [1.165, 1.54) is 0 Å². The Bertz CT molecular complexity index is 206. The van der Waals surface area contributed by atoms with Crippen molar-refractivity contribution in [1.29, 1.82) is 5.41 Å². The van der Waals surface area contributed by atoms with Crippen LogP contribution < -0.4 is 10.8 Å². The van der Waals surface area contributed by atoms with Crippen LogP contribution in [0.1, 0.15) is 26.7 Å². The van der Waals surface area contributed by atoms with Gasteiger partial charge in [0, 0.05) is 12.5 Å². The van der Waals surface area contributed by atoms with Crippen LogP contribution in [0.4, 0.5) is 4.79 Å². The van der Waals surface area contributed by atoms with Crippen molar-refractivity contribution in [3.05, 3.63) is 0 Å². The van der Waals surface area contributed by atoms with Gasteiger partial charge in [-0.3, -0.25) is 16.1 Å². The second kappa shape index (κ2) is 6.20. The minimum Gasteiger partial charge on any atom is -0.465 e. The molecular formula is C8H17N3O3. The van der Waals surface area contributed by atoms with Gasteiger partial charge in [0.2, 0.25) is 0 Å². The smallest absolute Gasteiger partial charge is 0.404 e. The van der Waals surface area contributed by atoms with Crippen molar-refractivity contribution < 1.29 is 15.1 Å². The molecular weight excluding hydrogens is 186 g/mol. The molecule has 82 valence electrons. The highest BCUT2D eigenvalue weighted by molar-refractivity contribution is 5.79. The summed E-state index contributed by atoms with van der Waals surface area (Å²) < 4.78 is 0. The van der Waals surface area contributed by atoms with Gasteiger partial charge in [0.1, 0.15) is 5.84 Å². The number of rotatable bonds is 5. The maximum absolute atomic E-state index is 10.4. The third kappa shape index (κ3) is 6.24. The molecule has 0 heterocycles. The Morgan fingerprint density at radius 1 is 1.50 bits per heavy atom. The zero-order valence-corrected chi connectivity index (χ0v) is 8.37. The molecule has 0 rings (SSSR count). The molecule has 0 aromatic heterocycles. The molecule has 6 heteroatoms. The van der Waals surface area contributed by atoms with Crippen molar-refractivity contribution in [2.75, 3.05) is 0 Å². The maximum atomic E-state index is 10.4. The molecule has 0 unspecified atom stereocenters. The first-order valence-electron chi connectivity index (χ1n) is 4.42. The second-order valence-electron chi connectivity index (χ2n) is 3.57. The normalized spacial score (nSPS) is 12.3. The zero-order valence-electron chi connectivity index (χ0n) is 8.37. The van der Waals surface area contributed by atoms with Crippen LogP contribution >= 0.6 is 0 Å². The molecule has 0 saturated heterocycles. The molecule has 0 saturated carbocycles. The molecule has 1 amide bonds. The van der Waals surface area contributed by atoms with Crippen molar-refractivity contribution >= 4 is 11.9 Å². The number of nitrogens with one attached hydrogen (secondary N) is 3. The van der Waals surface area contributed by atoms with E-state index in [1.807, 2.05) is 13.8 Å². The summed E-state index contributed by atoms with van der Waals surface area (Å²) in [4.78, 5) is 10.4. The Morgan fingerprint density at radius 3 is 2.43 bits per heavy atom. The van der Waals surface area contributed by atoms with Crippen LogP contribution in [0.5, 0.6) is 0 Å². The van der Waals surface area contributed by atoms with Crippen LogP contribution in [-0.4, -0.2) is 28.3 Å². The lowest BCUT2D eigenvalue weighted by molar-refractivity contribution is 0.187. The van der Waals surface area contributed by atoms with Crippen molar-refractivity contribution in [1.82, 2.24) is 10.8 Å². The van der Waals surface area contributed by atoms with Crippen LogP contribution in [0.15, 0.2) is 0 Å². The average Bonchev–Trinajstić information content (AvgIpc) is 2.01. The van der Waals surface area contributed by atoms with Gasteiger partial charge < -0.3 is 10.4 Å². The fraction of sp³-hybridized carbons (Fsp3) is 0.750. The van der Waals surface area contributed by atoms with Gasteiger partial charge in [0.25, 0.3) is 0 Å². The fourth-order valence-corrected chi connectivity index (χ4v) is 1.23. The van der Waals surface area contributed by atoms with Crippen LogP contribution in [0, 0.1) is 11.3 Å². The first-order chi connectivity index (χ1) is 6.45. The minimum atomic E-state index is -1.11. The molecule has 0 aliphatic carbocycles. The number of amidine groups is 1. The van der Waals surface area contributed by atoms with Gasteiger partial charge in [-0.25, -0.2) is 4.79 Å². The standard InChI is InChI=1S/C8H17N3O3/c1-5(2)3-6(10-8(12)13)4-7(9)11-14/h5-6,10,14H,3-4H2,1-2H3,(H2,9,11)(H,12,13)/t6-/m0/s1. The number of hydrogen-bond donors (Lipinski definition) is 5. The Labute approximate surface area is 82.8 Å². The Kier molecular flexibility index (Phi) is 5.62. The highest BCUT2D eigenvalue weighted by atomic mass is 16.5. The van der Waals surface area contributed by atoms with Crippen LogP contribution in [0.25, 0.3) is 0 Å². The van der Waals surface area contributed by atoms with E-state index < -0.39 is 6.09 Å². The molecule has 0 aromatic rings. The number of amides is 1. The summed E-state index contributed by atoms with van der Waals surface area (Å²) in [5.41, 5.74) is 1.69. The van der Waals surface area contributed by atoms with Crippen LogP contribution in [0.3, 0.4) is 0 Å². The molecule has 6 nitrogen and oxygen atoms in total. The quantitative estimate of drug-likeness (QED) is 0.261. The Morgan fingerprint density at radius 2 is 2.07 bits per heavy atom. The lowest BCUT2D eigenvalue weighted by Gasteiger charge is -2.18. The first-order valence-corrected chi connectivity index (χ1v) is 4.42. The number of carbonyl (C=O) groups is 1. The van der Waals surface area contributed by atoms with E-state index >= 15 is 0 Å². The lowest BCUT2D eigenvalue weighted by atomic mass is 10.0. The Balaban J connectivity index is 4.09. The molecule has 0 radical (unpaired) electrons. The highest BCUT2D eigenvalue weighted by Gasteiger charge is 2.15. The molecule has 0 bridgehead atoms. The summed E-state index contributed by atoms with van der Waals surface area (Å²) >= 11 is 0. The molecule has 1 atom stereocenters. The zero-order chi connectivity index (χ0) is 11.1. The third-order valence-electron chi connectivity index (χ3n) is 1.67. The van der Waals surface area contributed by atoms with E-state index in [2.05, 4.69) is 5.32 Å².